The Hall–Kier alpha value is -1.75. The van der Waals surface area contributed by atoms with Crippen molar-refractivity contribution in [1.82, 2.24) is 4.90 Å². The van der Waals surface area contributed by atoms with Crippen molar-refractivity contribution in [3.63, 3.8) is 0 Å². The second-order valence-corrected chi connectivity index (χ2v) is 5.52. The minimum Gasteiger partial charge on any atom is -0.491 e. The molecule has 0 amide bonds. The molecular formula is C16H26N2O3. The molecule has 0 saturated carbocycles. The van der Waals surface area contributed by atoms with Gasteiger partial charge in [-0.15, -0.1) is 0 Å². The third-order valence-corrected chi connectivity index (χ3v) is 3.34. The maximum absolute atomic E-state index is 11.7. The molecule has 0 unspecified atom stereocenters. The number of nitrogen functional groups attached to an aromatic ring is 1. The lowest BCUT2D eigenvalue weighted by atomic mass is 10.2. The number of esters is 1. The highest BCUT2D eigenvalue weighted by Crippen LogP contribution is 2.22. The number of benzene rings is 1. The molecule has 0 radical (unpaired) electrons. The molecule has 1 aromatic carbocycles. The Bertz CT molecular complexity index is 465. The first-order chi connectivity index (χ1) is 9.86. The number of nitrogens with two attached hydrogens (primary N) is 1. The second kappa shape index (κ2) is 7.88. The molecule has 0 aliphatic rings. The summed E-state index contributed by atoms with van der Waals surface area (Å²) in [6.45, 7) is 9.92. The van der Waals surface area contributed by atoms with E-state index in [0.29, 0.717) is 35.7 Å². The molecule has 118 valence electrons. The van der Waals surface area contributed by atoms with Gasteiger partial charge in [-0.25, -0.2) is 4.79 Å². The van der Waals surface area contributed by atoms with Gasteiger partial charge in [0.15, 0.2) is 0 Å². The van der Waals surface area contributed by atoms with Gasteiger partial charge in [-0.2, -0.15) is 0 Å². The average Bonchev–Trinajstić information content (AvgIpc) is 2.42. The number of nitrogens with zero attached hydrogens (tertiary/aromatic N) is 1. The number of ether oxygens (including phenoxy) is 2. The molecule has 21 heavy (non-hydrogen) atoms. The van der Waals surface area contributed by atoms with Crippen LogP contribution in [0.25, 0.3) is 0 Å². The zero-order valence-corrected chi connectivity index (χ0v) is 13.6. The highest BCUT2D eigenvalue weighted by molar-refractivity contribution is 5.93. The van der Waals surface area contributed by atoms with Gasteiger partial charge in [0.05, 0.1) is 7.11 Å². The van der Waals surface area contributed by atoms with Gasteiger partial charge >= 0.3 is 5.97 Å². The molecule has 0 aliphatic heterocycles. The Morgan fingerprint density at radius 1 is 1.24 bits per heavy atom. The number of carbonyl (C=O) groups excluding carboxylic acids is 1. The van der Waals surface area contributed by atoms with Crippen molar-refractivity contribution in [2.45, 2.75) is 39.8 Å². The van der Waals surface area contributed by atoms with Crippen LogP contribution in [0.1, 0.15) is 38.1 Å². The maximum Gasteiger partial charge on any atom is 0.341 e. The summed E-state index contributed by atoms with van der Waals surface area (Å²) in [6, 6.07) is 5.88. The highest BCUT2D eigenvalue weighted by atomic mass is 16.5. The average molecular weight is 294 g/mol. The van der Waals surface area contributed by atoms with E-state index in [2.05, 4.69) is 32.6 Å². The Kier molecular flexibility index (Phi) is 6.49. The fourth-order valence-corrected chi connectivity index (χ4v) is 2.32. The maximum atomic E-state index is 11.7. The van der Waals surface area contributed by atoms with Gasteiger partial charge in [-0.3, -0.25) is 4.90 Å². The fourth-order valence-electron chi connectivity index (χ4n) is 2.32. The van der Waals surface area contributed by atoms with E-state index in [4.69, 9.17) is 15.2 Å². The topological polar surface area (TPSA) is 64.8 Å². The first-order valence-electron chi connectivity index (χ1n) is 7.23. The minimum absolute atomic E-state index is 0.359. The van der Waals surface area contributed by atoms with Crippen LogP contribution in [0.5, 0.6) is 5.75 Å². The summed E-state index contributed by atoms with van der Waals surface area (Å²) in [6.07, 6.45) is 0. The first kappa shape index (κ1) is 17.3. The van der Waals surface area contributed by atoms with Crippen molar-refractivity contribution in [1.29, 1.82) is 0 Å². The van der Waals surface area contributed by atoms with Gasteiger partial charge in [-0.1, -0.05) is 0 Å². The number of hydrogen-bond acceptors (Lipinski definition) is 5. The van der Waals surface area contributed by atoms with Crippen molar-refractivity contribution in [2.24, 2.45) is 0 Å². The Morgan fingerprint density at radius 3 is 2.38 bits per heavy atom. The standard InChI is InChI=1S/C16H26N2O3/c1-11(2)18(12(3)4)8-9-21-15-7-6-13(17)10-14(15)16(19)20-5/h6-7,10-12H,8-9,17H2,1-5H3. The van der Waals surface area contributed by atoms with Crippen LogP contribution in [0.3, 0.4) is 0 Å². The number of rotatable bonds is 7. The second-order valence-electron chi connectivity index (χ2n) is 5.52. The summed E-state index contributed by atoms with van der Waals surface area (Å²) in [7, 11) is 1.34. The van der Waals surface area contributed by atoms with Crippen LogP contribution in [0.15, 0.2) is 18.2 Å². The van der Waals surface area contributed by atoms with Gasteiger partial charge in [-0.05, 0) is 45.9 Å². The molecular weight excluding hydrogens is 268 g/mol. The third kappa shape index (κ3) is 4.93. The van der Waals surface area contributed by atoms with Gasteiger partial charge in [0, 0.05) is 24.3 Å². The van der Waals surface area contributed by atoms with Crippen molar-refractivity contribution >= 4 is 11.7 Å². The van der Waals surface area contributed by atoms with Crippen LogP contribution in [0.4, 0.5) is 5.69 Å². The van der Waals surface area contributed by atoms with E-state index in [0.717, 1.165) is 6.54 Å². The molecule has 0 bridgehead atoms. The highest BCUT2D eigenvalue weighted by Gasteiger charge is 2.16. The van der Waals surface area contributed by atoms with Crippen LogP contribution in [-0.4, -0.2) is 43.2 Å². The molecule has 5 heteroatoms. The lowest BCUT2D eigenvalue weighted by Gasteiger charge is -2.30. The summed E-state index contributed by atoms with van der Waals surface area (Å²) < 4.78 is 10.5. The Labute approximate surface area is 127 Å². The van der Waals surface area contributed by atoms with E-state index in [9.17, 15) is 4.79 Å². The third-order valence-electron chi connectivity index (χ3n) is 3.34. The van der Waals surface area contributed by atoms with Crippen molar-refractivity contribution in [3.05, 3.63) is 23.8 Å². The summed E-state index contributed by atoms with van der Waals surface area (Å²) >= 11 is 0. The van der Waals surface area contributed by atoms with E-state index in [1.807, 2.05) is 0 Å². The molecule has 0 atom stereocenters. The summed E-state index contributed by atoms with van der Waals surface area (Å²) in [5, 5.41) is 0. The van der Waals surface area contributed by atoms with E-state index >= 15 is 0 Å². The van der Waals surface area contributed by atoms with Crippen molar-refractivity contribution < 1.29 is 14.3 Å². The molecule has 2 N–H and O–H groups in total. The summed E-state index contributed by atoms with van der Waals surface area (Å²) in [5.41, 5.74) is 6.57. The first-order valence-corrected chi connectivity index (χ1v) is 7.23. The van der Waals surface area contributed by atoms with Crippen LogP contribution < -0.4 is 10.5 Å². The van der Waals surface area contributed by atoms with Crippen LogP contribution in [0, 0.1) is 0 Å². The fraction of sp³-hybridized carbons (Fsp3) is 0.562. The molecule has 1 rings (SSSR count). The lowest BCUT2D eigenvalue weighted by molar-refractivity contribution is 0.0594. The molecule has 0 fully saturated rings. The van der Waals surface area contributed by atoms with Gasteiger partial charge in [0.2, 0.25) is 0 Å². The molecule has 5 nitrogen and oxygen atoms in total. The van der Waals surface area contributed by atoms with E-state index < -0.39 is 5.97 Å². The number of anilines is 1. The lowest BCUT2D eigenvalue weighted by Crippen LogP contribution is -2.39. The number of hydrogen-bond donors (Lipinski definition) is 1. The normalized spacial score (nSPS) is 11.2. The van der Waals surface area contributed by atoms with Crippen molar-refractivity contribution in [2.75, 3.05) is 26.0 Å². The molecule has 0 aromatic heterocycles. The van der Waals surface area contributed by atoms with Gasteiger partial charge in [0.25, 0.3) is 0 Å². The Morgan fingerprint density at radius 2 is 1.86 bits per heavy atom. The van der Waals surface area contributed by atoms with Crippen LogP contribution in [0.2, 0.25) is 0 Å². The quantitative estimate of drug-likeness (QED) is 0.618. The Balaban J connectivity index is 2.73. The number of methoxy groups -OCH3 is 1. The summed E-state index contributed by atoms with van der Waals surface area (Å²) in [5.74, 6) is 0.0605. The van der Waals surface area contributed by atoms with Crippen LogP contribution in [-0.2, 0) is 4.74 Å². The molecule has 0 heterocycles. The van der Waals surface area contributed by atoms with Gasteiger partial charge < -0.3 is 15.2 Å². The van der Waals surface area contributed by atoms with Gasteiger partial charge in [0.1, 0.15) is 17.9 Å². The largest absolute Gasteiger partial charge is 0.491 e. The zero-order chi connectivity index (χ0) is 16.0. The molecule has 0 aliphatic carbocycles. The predicted octanol–water partition coefficient (Wildman–Crippen LogP) is 2.55. The molecule has 1 aromatic rings. The predicted molar refractivity (Wildman–Crippen MR) is 84.7 cm³/mol. The van der Waals surface area contributed by atoms with E-state index in [1.54, 1.807) is 18.2 Å². The summed E-state index contributed by atoms with van der Waals surface area (Å²) in [4.78, 5) is 14.1. The number of carbonyl (C=O) groups is 1. The monoisotopic (exact) mass is 294 g/mol. The SMILES string of the molecule is COC(=O)c1cc(N)ccc1OCCN(C(C)C)C(C)C. The smallest absolute Gasteiger partial charge is 0.341 e. The van der Waals surface area contributed by atoms with E-state index in [1.165, 1.54) is 7.11 Å². The van der Waals surface area contributed by atoms with Crippen molar-refractivity contribution in [3.8, 4) is 5.75 Å². The van der Waals surface area contributed by atoms with Crippen LogP contribution >= 0.6 is 0 Å². The zero-order valence-electron chi connectivity index (χ0n) is 13.6. The van der Waals surface area contributed by atoms with E-state index in [-0.39, 0.29) is 0 Å². The molecule has 0 spiro atoms. The molecule has 0 saturated heterocycles. The minimum atomic E-state index is -0.443.